The van der Waals surface area contributed by atoms with E-state index in [1.54, 1.807) is 0 Å². The number of hydrogen-bond donors (Lipinski definition) is 0. The highest BCUT2D eigenvalue weighted by atomic mass is 32.2. The molecule has 3 atom stereocenters. The summed E-state index contributed by atoms with van der Waals surface area (Å²) >= 11 is 0. The van der Waals surface area contributed by atoms with Crippen LogP contribution < -0.4 is 0 Å². The van der Waals surface area contributed by atoms with Gasteiger partial charge in [-0.25, -0.2) is 0 Å². The van der Waals surface area contributed by atoms with Gasteiger partial charge in [0, 0.05) is 5.92 Å². The van der Waals surface area contributed by atoms with Gasteiger partial charge in [-0.05, 0) is 42.4 Å². The van der Waals surface area contributed by atoms with Crippen molar-refractivity contribution in [2.45, 2.75) is 52.9 Å². The average molecular weight is 300 g/mol. The molecular weight excluding hydrogens is 272 g/mol. The quantitative estimate of drug-likeness (QED) is 0.589. The third-order valence-electron chi connectivity index (χ3n) is 5.77. The second kappa shape index (κ2) is 5.13. The molecule has 0 bridgehead atoms. The van der Waals surface area contributed by atoms with Crippen molar-refractivity contribution in [2.24, 2.45) is 22.7 Å². The second-order valence-electron chi connectivity index (χ2n) is 7.64. The van der Waals surface area contributed by atoms with Crippen molar-refractivity contribution in [1.82, 2.24) is 0 Å². The molecule has 0 amide bonds. The van der Waals surface area contributed by atoms with E-state index in [9.17, 15) is 8.42 Å². The fraction of sp³-hybridized carbons (Fsp3) is 0.875. The first-order valence-electron chi connectivity index (χ1n) is 7.58. The van der Waals surface area contributed by atoms with Gasteiger partial charge in [-0.15, -0.1) is 0 Å². The molecule has 3 nitrogen and oxygen atoms in total. The van der Waals surface area contributed by atoms with Crippen LogP contribution in [0.4, 0.5) is 0 Å². The van der Waals surface area contributed by atoms with E-state index in [0.29, 0.717) is 11.3 Å². The first kappa shape index (κ1) is 16.0. The summed E-state index contributed by atoms with van der Waals surface area (Å²) in [6.45, 7) is 11.5. The van der Waals surface area contributed by atoms with Crippen LogP contribution >= 0.6 is 0 Å². The van der Waals surface area contributed by atoms with Gasteiger partial charge in [-0.3, -0.25) is 4.18 Å². The molecule has 0 N–H and O–H groups in total. The zero-order valence-corrected chi connectivity index (χ0v) is 14.1. The summed E-state index contributed by atoms with van der Waals surface area (Å²) in [5, 5.41) is 0. The molecule has 2 fully saturated rings. The minimum absolute atomic E-state index is 0.127. The summed E-state index contributed by atoms with van der Waals surface area (Å²) in [5.74, 6) is 0.790. The van der Waals surface area contributed by atoms with Crippen LogP contribution in [0.15, 0.2) is 12.2 Å². The minimum Gasteiger partial charge on any atom is -0.270 e. The van der Waals surface area contributed by atoms with Crippen molar-refractivity contribution in [3.05, 3.63) is 12.2 Å². The molecule has 0 aliphatic heterocycles. The van der Waals surface area contributed by atoms with Crippen LogP contribution in [0.5, 0.6) is 0 Å². The van der Waals surface area contributed by atoms with Crippen molar-refractivity contribution in [2.75, 3.05) is 12.9 Å². The monoisotopic (exact) mass is 300 g/mol. The Balaban J connectivity index is 2.26. The molecule has 0 unspecified atom stereocenters. The van der Waals surface area contributed by atoms with Gasteiger partial charge in [0.1, 0.15) is 0 Å². The van der Waals surface area contributed by atoms with Crippen molar-refractivity contribution in [1.29, 1.82) is 0 Å². The molecule has 2 aliphatic rings. The third kappa shape index (κ3) is 2.96. The van der Waals surface area contributed by atoms with Crippen LogP contribution in [0.25, 0.3) is 0 Å². The molecule has 0 aromatic carbocycles. The fourth-order valence-corrected chi connectivity index (χ4v) is 5.16. The van der Waals surface area contributed by atoms with Crippen molar-refractivity contribution >= 4 is 10.1 Å². The molecule has 2 saturated carbocycles. The summed E-state index contributed by atoms with van der Waals surface area (Å²) in [6, 6.07) is 0. The summed E-state index contributed by atoms with van der Waals surface area (Å²) in [4.78, 5) is 0. The number of hydrogen-bond acceptors (Lipinski definition) is 3. The van der Waals surface area contributed by atoms with Crippen LogP contribution in [0.3, 0.4) is 0 Å². The van der Waals surface area contributed by atoms with E-state index in [0.717, 1.165) is 19.1 Å². The van der Waals surface area contributed by atoms with Gasteiger partial charge >= 0.3 is 0 Å². The van der Waals surface area contributed by atoms with Crippen LogP contribution in [-0.4, -0.2) is 21.3 Å². The molecular formula is C16H28O3S. The van der Waals surface area contributed by atoms with Crippen molar-refractivity contribution in [3.63, 3.8) is 0 Å². The molecule has 2 rings (SSSR count). The highest BCUT2D eigenvalue weighted by molar-refractivity contribution is 7.85. The maximum atomic E-state index is 11.3. The lowest BCUT2D eigenvalue weighted by Crippen LogP contribution is -2.50. The van der Waals surface area contributed by atoms with Crippen molar-refractivity contribution in [3.8, 4) is 0 Å². The van der Waals surface area contributed by atoms with Gasteiger partial charge in [0.15, 0.2) is 0 Å². The number of fused-ring (bicyclic) bond motifs is 1. The summed E-state index contributed by atoms with van der Waals surface area (Å²) in [6.07, 6.45) is 6.93. The normalized spacial score (nSPS) is 37.5. The Hall–Kier alpha value is -0.350. The lowest BCUT2D eigenvalue weighted by atomic mass is 9.48. The predicted molar refractivity (Wildman–Crippen MR) is 81.9 cm³/mol. The summed E-state index contributed by atoms with van der Waals surface area (Å²) in [5.41, 5.74) is 1.63. The SMILES string of the molecule is C=C1CC[C@H]2C(C)(C)CCC[C@]2(C)[C@H]1COS(C)(=O)=O. The number of rotatable bonds is 3. The highest BCUT2D eigenvalue weighted by Gasteiger charge is 2.53. The minimum atomic E-state index is -3.38. The molecule has 0 saturated heterocycles. The molecule has 0 spiro atoms. The van der Waals surface area contributed by atoms with Crippen molar-refractivity contribution < 1.29 is 12.6 Å². The van der Waals surface area contributed by atoms with Gasteiger partial charge in [0.25, 0.3) is 10.1 Å². The lowest BCUT2D eigenvalue weighted by Gasteiger charge is -2.57. The predicted octanol–water partition coefficient (Wildman–Crippen LogP) is 3.76. The Bertz CT molecular complexity index is 492. The average Bonchev–Trinajstić information content (AvgIpc) is 2.24. The van der Waals surface area contributed by atoms with Crippen LogP contribution in [0.1, 0.15) is 52.9 Å². The van der Waals surface area contributed by atoms with E-state index in [4.69, 9.17) is 4.18 Å². The van der Waals surface area contributed by atoms with E-state index in [-0.39, 0.29) is 17.9 Å². The third-order valence-corrected chi connectivity index (χ3v) is 6.33. The maximum absolute atomic E-state index is 11.3. The first-order valence-corrected chi connectivity index (χ1v) is 9.40. The van der Waals surface area contributed by atoms with E-state index >= 15 is 0 Å². The zero-order valence-electron chi connectivity index (χ0n) is 13.2. The molecule has 0 radical (unpaired) electrons. The Kier molecular flexibility index (Phi) is 4.11. The summed E-state index contributed by atoms with van der Waals surface area (Å²) < 4.78 is 27.8. The maximum Gasteiger partial charge on any atom is 0.264 e. The van der Waals surface area contributed by atoms with Gasteiger partial charge < -0.3 is 0 Å². The Labute approximate surface area is 123 Å². The van der Waals surface area contributed by atoms with Crippen LogP contribution in [-0.2, 0) is 14.3 Å². The molecule has 0 aromatic heterocycles. The molecule has 4 heteroatoms. The Morgan fingerprint density at radius 1 is 1.30 bits per heavy atom. The van der Waals surface area contributed by atoms with Gasteiger partial charge in [-0.1, -0.05) is 39.3 Å². The molecule has 20 heavy (non-hydrogen) atoms. The smallest absolute Gasteiger partial charge is 0.264 e. The van der Waals surface area contributed by atoms with E-state index in [1.807, 2.05) is 0 Å². The van der Waals surface area contributed by atoms with E-state index in [1.165, 1.54) is 24.8 Å². The second-order valence-corrected chi connectivity index (χ2v) is 9.28. The van der Waals surface area contributed by atoms with Crippen LogP contribution in [0.2, 0.25) is 0 Å². The molecule has 0 heterocycles. The van der Waals surface area contributed by atoms with E-state index in [2.05, 4.69) is 27.4 Å². The fourth-order valence-electron chi connectivity index (χ4n) is 4.77. The van der Waals surface area contributed by atoms with Gasteiger partial charge in [0.2, 0.25) is 0 Å². The topological polar surface area (TPSA) is 43.4 Å². The standard InChI is InChI=1S/C16H28O3S/c1-12-7-8-14-15(2,3)9-6-10-16(14,4)13(12)11-19-20(5,17)18/h13-14H,1,6-11H2,2-5H3/t13-,14-,16+/m0/s1. The first-order chi connectivity index (χ1) is 9.06. The molecule has 2 aliphatic carbocycles. The largest absolute Gasteiger partial charge is 0.270 e. The Morgan fingerprint density at radius 2 is 1.95 bits per heavy atom. The van der Waals surface area contributed by atoms with Gasteiger partial charge in [0.05, 0.1) is 12.9 Å². The zero-order chi connectivity index (χ0) is 15.2. The highest BCUT2D eigenvalue weighted by Crippen LogP contribution is 2.60. The Morgan fingerprint density at radius 3 is 2.55 bits per heavy atom. The molecule has 0 aromatic rings. The van der Waals surface area contributed by atoms with E-state index < -0.39 is 10.1 Å². The van der Waals surface area contributed by atoms with Crippen LogP contribution in [0, 0.1) is 22.7 Å². The lowest BCUT2D eigenvalue weighted by molar-refractivity contribution is -0.0618. The van der Waals surface area contributed by atoms with Gasteiger partial charge in [-0.2, -0.15) is 8.42 Å². The molecule has 116 valence electrons. The summed E-state index contributed by atoms with van der Waals surface area (Å²) in [7, 11) is -3.38.